The van der Waals surface area contributed by atoms with Gasteiger partial charge in [-0.25, -0.2) is 4.79 Å². The minimum absolute atomic E-state index is 0.339. The minimum atomic E-state index is -0.893. The number of benzene rings is 1. The number of para-hydroxylation sites is 1. The molecular weight excluding hydrogens is 351 g/mol. The number of carbonyl (C=O) groups is 1. The Morgan fingerprint density at radius 1 is 1.29 bits per heavy atom. The molecule has 0 aliphatic carbocycles. The number of carboxylic acid groups (broad SMARTS) is 1. The maximum atomic E-state index is 10.7. The fourth-order valence-electron chi connectivity index (χ4n) is 1.28. The second-order valence-electron chi connectivity index (χ2n) is 3.29. The average molecular weight is 360 g/mol. The number of hydrogen-bond acceptors (Lipinski definition) is 3. The zero-order valence-electron chi connectivity index (χ0n) is 8.72. The topological polar surface area (TPSA) is 46.5 Å². The van der Waals surface area contributed by atoms with E-state index in [9.17, 15) is 4.79 Å². The number of ether oxygens (including phenoxy) is 1. The quantitative estimate of drug-likeness (QED) is 0.847. The lowest BCUT2D eigenvalue weighted by atomic mass is 10.3. The summed E-state index contributed by atoms with van der Waals surface area (Å²) in [6.07, 6.45) is 0. The molecule has 1 N–H and O–H groups in total. The zero-order chi connectivity index (χ0) is 12.3. The van der Waals surface area contributed by atoms with Gasteiger partial charge in [0, 0.05) is 4.88 Å². The van der Waals surface area contributed by atoms with Gasteiger partial charge in [-0.1, -0.05) is 12.1 Å². The Morgan fingerprint density at radius 2 is 2.06 bits per heavy atom. The summed E-state index contributed by atoms with van der Waals surface area (Å²) >= 11 is 3.44. The van der Waals surface area contributed by atoms with E-state index in [0.717, 1.165) is 14.2 Å². The Hall–Kier alpha value is -1.08. The predicted octanol–water partition coefficient (Wildman–Crippen LogP) is 3.63. The zero-order valence-corrected chi connectivity index (χ0v) is 11.7. The van der Waals surface area contributed by atoms with E-state index in [2.05, 4.69) is 22.6 Å². The van der Waals surface area contributed by atoms with Crippen LogP contribution in [0.4, 0.5) is 0 Å². The predicted molar refractivity (Wildman–Crippen MR) is 74.8 cm³/mol. The highest BCUT2D eigenvalue weighted by Crippen LogP contribution is 2.23. The lowest BCUT2D eigenvalue weighted by molar-refractivity contribution is 0.0702. The molecule has 0 amide bonds. The highest BCUT2D eigenvalue weighted by Gasteiger charge is 2.07. The van der Waals surface area contributed by atoms with Gasteiger partial charge in [-0.15, -0.1) is 11.3 Å². The minimum Gasteiger partial charge on any atom is -0.487 e. The van der Waals surface area contributed by atoms with E-state index in [1.54, 1.807) is 12.1 Å². The molecule has 3 nitrogen and oxygen atoms in total. The molecular formula is C12H9IO3S. The second kappa shape index (κ2) is 5.50. The fraction of sp³-hybridized carbons (Fsp3) is 0.0833. The largest absolute Gasteiger partial charge is 0.487 e. The number of rotatable bonds is 4. The van der Waals surface area contributed by atoms with Crippen LogP contribution >= 0.6 is 33.9 Å². The van der Waals surface area contributed by atoms with E-state index in [0.29, 0.717) is 11.5 Å². The standard InChI is InChI=1S/C12H9IO3S/c13-9-3-1-2-4-10(9)16-7-8-5-6-11(17-8)12(14)15/h1-6H,7H2,(H,14,15). The van der Waals surface area contributed by atoms with Gasteiger partial charge in [0.25, 0.3) is 0 Å². The van der Waals surface area contributed by atoms with Crippen LogP contribution in [-0.2, 0) is 6.61 Å². The summed E-state index contributed by atoms with van der Waals surface area (Å²) in [6, 6.07) is 11.1. The molecule has 0 aliphatic heterocycles. The molecule has 1 heterocycles. The number of halogens is 1. The van der Waals surface area contributed by atoms with Gasteiger partial charge in [-0.2, -0.15) is 0 Å². The van der Waals surface area contributed by atoms with Crippen molar-refractivity contribution in [1.82, 2.24) is 0 Å². The van der Waals surface area contributed by atoms with Gasteiger partial charge in [0.1, 0.15) is 17.2 Å². The van der Waals surface area contributed by atoms with Crippen LogP contribution in [0.2, 0.25) is 0 Å². The van der Waals surface area contributed by atoms with E-state index in [4.69, 9.17) is 9.84 Å². The lowest BCUT2D eigenvalue weighted by Gasteiger charge is -2.05. The van der Waals surface area contributed by atoms with E-state index in [-0.39, 0.29) is 0 Å². The molecule has 0 saturated heterocycles. The van der Waals surface area contributed by atoms with Crippen LogP contribution in [0.1, 0.15) is 14.5 Å². The molecule has 0 fully saturated rings. The Labute approximate surface area is 116 Å². The molecule has 0 spiro atoms. The normalized spacial score (nSPS) is 10.2. The summed E-state index contributed by atoms with van der Waals surface area (Å²) in [7, 11) is 0. The first-order chi connectivity index (χ1) is 8.16. The molecule has 0 bridgehead atoms. The van der Waals surface area contributed by atoms with E-state index < -0.39 is 5.97 Å². The number of aromatic carboxylic acids is 1. The Bertz CT molecular complexity index is 536. The molecule has 0 unspecified atom stereocenters. The summed E-state index contributed by atoms with van der Waals surface area (Å²) in [4.78, 5) is 12.0. The molecule has 1 aromatic carbocycles. The third-order valence-corrected chi connectivity index (χ3v) is 4.02. The van der Waals surface area contributed by atoms with Crippen molar-refractivity contribution in [2.45, 2.75) is 6.61 Å². The first-order valence-electron chi connectivity index (χ1n) is 4.86. The highest BCUT2D eigenvalue weighted by atomic mass is 127. The van der Waals surface area contributed by atoms with Gasteiger partial charge < -0.3 is 9.84 Å². The van der Waals surface area contributed by atoms with Crippen molar-refractivity contribution in [2.75, 3.05) is 0 Å². The summed E-state index contributed by atoms with van der Waals surface area (Å²) in [5.74, 6) is -0.0751. The monoisotopic (exact) mass is 360 g/mol. The van der Waals surface area contributed by atoms with Crippen LogP contribution in [0.5, 0.6) is 5.75 Å². The third-order valence-electron chi connectivity index (χ3n) is 2.08. The number of thiophene rings is 1. The van der Waals surface area contributed by atoms with Crippen molar-refractivity contribution >= 4 is 39.9 Å². The second-order valence-corrected chi connectivity index (χ2v) is 5.62. The van der Waals surface area contributed by atoms with E-state index in [1.807, 2.05) is 24.3 Å². The number of carboxylic acids is 1. The molecule has 2 aromatic rings. The fourth-order valence-corrected chi connectivity index (χ4v) is 2.58. The summed E-state index contributed by atoms with van der Waals surface area (Å²) in [5.41, 5.74) is 0. The van der Waals surface area contributed by atoms with Gasteiger partial charge in [0.05, 0.1) is 3.57 Å². The first-order valence-corrected chi connectivity index (χ1v) is 6.75. The van der Waals surface area contributed by atoms with Crippen molar-refractivity contribution in [1.29, 1.82) is 0 Å². The molecule has 0 saturated carbocycles. The highest BCUT2D eigenvalue weighted by molar-refractivity contribution is 14.1. The first kappa shape index (κ1) is 12.4. The molecule has 88 valence electrons. The van der Waals surface area contributed by atoms with Crippen molar-refractivity contribution in [3.8, 4) is 5.75 Å². The maximum Gasteiger partial charge on any atom is 0.345 e. The van der Waals surface area contributed by atoms with Crippen molar-refractivity contribution in [3.05, 3.63) is 49.7 Å². The molecule has 2 rings (SSSR count). The van der Waals surface area contributed by atoms with Crippen molar-refractivity contribution < 1.29 is 14.6 Å². The van der Waals surface area contributed by atoms with Crippen LogP contribution in [0.3, 0.4) is 0 Å². The molecule has 5 heteroatoms. The molecule has 17 heavy (non-hydrogen) atoms. The Balaban J connectivity index is 2.02. The van der Waals surface area contributed by atoms with E-state index in [1.165, 1.54) is 11.3 Å². The van der Waals surface area contributed by atoms with Crippen molar-refractivity contribution in [2.24, 2.45) is 0 Å². The van der Waals surface area contributed by atoms with Gasteiger partial charge in [-0.3, -0.25) is 0 Å². The maximum absolute atomic E-state index is 10.7. The smallest absolute Gasteiger partial charge is 0.345 e. The molecule has 1 aromatic heterocycles. The molecule has 0 atom stereocenters. The Morgan fingerprint density at radius 3 is 2.71 bits per heavy atom. The van der Waals surface area contributed by atoms with Gasteiger partial charge in [0.2, 0.25) is 0 Å². The van der Waals surface area contributed by atoms with Gasteiger partial charge >= 0.3 is 5.97 Å². The van der Waals surface area contributed by atoms with Crippen LogP contribution < -0.4 is 4.74 Å². The SMILES string of the molecule is O=C(O)c1ccc(COc2ccccc2I)s1. The summed E-state index contributed by atoms with van der Waals surface area (Å²) in [5, 5.41) is 8.80. The Kier molecular flexibility index (Phi) is 4.01. The van der Waals surface area contributed by atoms with Gasteiger partial charge in [-0.05, 0) is 46.9 Å². The van der Waals surface area contributed by atoms with Crippen LogP contribution in [0, 0.1) is 3.57 Å². The average Bonchev–Trinajstić information content (AvgIpc) is 2.77. The van der Waals surface area contributed by atoms with Gasteiger partial charge in [0.15, 0.2) is 0 Å². The lowest BCUT2D eigenvalue weighted by Crippen LogP contribution is -1.94. The summed E-state index contributed by atoms with van der Waals surface area (Å²) < 4.78 is 6.67. The molecule has 0 aliphatic rings. The summed E-state index contributed by atoms with van der Waals surface area (Å²) in [6.45, 7) is 0.401. The van der Waals surface area contributed by atoms with Crippen LogP contribution in [0.15, 0.2) is 36.4 Å². The van der Waals surface area contributed by atoms with Crippen LogP contribution in [-0.4, -0.2) is 11.1 Å². The number of hydrogen-bond donors (Lipinski definition) is 1. The third kappa shape index (κ3) is 3.19. The van der Waals surface area contributed by atoms with Crippen molar-refractivity contribution in [3.63, 3.8) is 0 Å². The van der Waals surface area contributed by atoms with Crippen LogP contribution in [0.25, 0.3) is 0 Å². The van der Waals surface area contributed by atoms with E-state index >= 15 is 0 Å². The molecule has 0 radical (unpaired) electrons.